The summed E-state index contributed by atoms with van der Waals surface area (Å²) in [7, 11) is 0. The molecule has 0 unspecified atom stereocenters. The van der Waals surface area contributed by atoms with Gasteiger partial charge in [0.25, 0.3) is 0 Å². The minimum absolute atomic E-state index is 0.0192. The van der Waals surface area contributed by atoms with Gasteiger partial charge in [-0.15, -0.1) is 0 Å². The fourth-order valence-electron chi connectivity index (χ4n) is 3.03. The van der Waals surface area contributed by atoms with Gasteiger partial charge in [0.1, 0.15) is 0 Å². The number of aryl methyl sites for hydroxylation is 1. The summed E-state index contributed by atoms with van der Waals surface area (Å²) in [6.45, 7) is 0.207. The van der Waals surface area contributed by atoms with Crippen LogP contribution >= 0.6 is 0 Å². The molecule has 0 saturated heterocycles. The van der Waals surface area contributed by atoms with Crippen molar-refractivity contribution in [3.63, 3.8) is 0 Å². The predicted octanol–water partition coefficient (Wildman–Crippen LogP) is 2.63. The van der Waals surface area contributed by atoms with Crippen molar-refractivity contribution in [2.75, 3.05) is 11.1 Å². The Bertz CT molecular complexity index is 1250. The van der Waals surface area contributed by atoms with Crippen LogP contribution in [0.15, 0.2) is 63.8 Å². The number of carbonyl (C=O) groups is 1. The van der Waals surface area contributed by atoms with Gasteiger partial charge >= 0.3 is 11.7 Å². The summed E-state index contributed by atoms with van der Waals surface area (Å²) in [4.78, 5) is 36.3. The number of fused-ring (bicyclic) bond motifs is 1. The Kier molecular flexibility index (Phi) is 5.88. The summed E-state index contributed by atoms with van der Waals surface area (Å²) in [6.07, 6.45) is 0.546. The summed E-state index contributed by atoms with van der Waals surface area (Å²) in [5.41, 5.74) is 7.73. The smallest absolute Gasteiger partial charge is 0.419 e. The monoisotopic (exact) mass is 420 g/mol. The lowest BCUT2D eigenvalue weighted by atomic mass is 10.3. The van der Waals surface area contributed by atoms with Crippen molar-refractivity contribution in [3.8, 4) is 0 Å². The molecule has 158 valence electrons. The number of hydrogen-bond donors (Lipinski definition) is 2. The Morgan fingerprint density at radius 3 is 2.68 bits per heavy atom. The van der Waals surface area contributed by atoms with E-state index in [1.54, 1.807) is 18.2 Å². The average molecular weight is 420 g/mol. The zero-order valence-electron chi connectivity index (χ0n) is 16.5. The number of nitrogens with zero attached hydrogens (tertiary/aromatic N) is 4. The summed E-state index contributed by atoms with van der Waals surface area (Å²) < 4.78 is 11.9. The lowest BCUT2D eigenvalue weighted by Crippen LogP contribution is -2.16. The SMILES string of the molecule is Nc1nc(COC(=O)CCCn2c(=O)oc3ccccc32)nc(Nc2ccccc2)n1. The lowest BCUT2D eigenvalue weighted by molar-refractivity contribution is -0.145. The largest absolute Gasteiger partial charge is 0.457 e. The van der Waals surface area contributed by atoms with E-state index in [2.05, 4.69) is 20.3 Å². The molecule has 0 saturated carbocycles. The van der Waals surface area contributed by atoms with Crippen LogP contribution in [-0.2, 0) is 22.7 Å². The number of nitrogens with one attached hydrogen (secondary N) is 1. The molecule has 0 aliphatic heterocycles. The molecule has 0 aliphatic carbocycles. The number of para-hydroxylation sites is 3. The molecule has 4 aromatic rings. The van der Waals surface area contributed by atoms with Crippen LogP contribution in [0.5, 0.6) is 0 Å². The number of ether oxygens (including phenoxy) is 1. The van der Waals surface area contributed by atoms with E-state index in [0.717, 1.165) is 5.69 Å². The molecule has 2 aromatic heterocycles. The maximum Gasteiger partial charge on any atom is 0.419 e. The van der Waals surface area contributed by atoms with E-state index in [1.807, 2.05) is 36.4 Å². The first-order valence-electron chi connectivity index (χ1n) is 9.65. The standard InChI is InChI=1S/C21H20N6O4/c22-19-24-17(25-20(26-19)23-14-7-2-1-3-8-14)13-30-18(28)11-6-12-27-15-9-4-5-10-16(15)31-21(27)29/h1-5,7-10H,6,11-13H2,(H3,22,23,24,25,26). The maximum absolute atomic E-state index is 12.1. The highest BCUT2D eigenvalue weighted by molar-refractivity contribution is 5.72. The van der Waals surface area contributed by atoms with Gasteiger partial charge in [-0.1, -0.05) is 30.3 Å². The van der Waals surface area contributed by atoms with Crippen LogP contribution in [0.2, 0.25) is 0 Å². The average Bonchev–Trinajstić information content (AvgIpc) is 3.08. The zero-order chi connectivity index (χ0) is 21.6. The molecule has 0 aliphatic rings. The Hall–Kier alpha value is -4.21. The number of carbonyl (C=O) groups excluding carboxylic acids is 1. The Balaban J connectivity index is 1.30. The number of benzene rings is 2. The quantitative estimate of drug-likeness (QED) is 0.412. The molecule has 0 spiro atoms. The summed E-state index contributed by atoms with van der Waals surface area (Å²) in [5.74, 6) is -0.371. The highest BCUT2D eigenvalue weighted by Crippen LogP contribution is 2.14. The molecule has 31 heavy (non-hydrogen) atoms. The van der Waals surface area contributed by atoms with Gasteiger partial charge < -0.3 is 20.2 Å². The fraction of sp³-hybridized carbons (Fsp3) is 0.190. The van der Waals surface area contributed by atoms with Crippen molar-refractivity contribution in [1.82, 2.24) is 19.5 Å². The zero-order valence-corrected chi connectivity index (χ0v) is 16.5. The van der Waals surface area contributed by atoms with Crippen LogP contribution in [0.4, 0.5) is 17.6 Å². The van der Waals surface area contributed by atoms with Gasteiger partial charge in [0.2, 0.25) is 11.9 Å². The Morgan fingerprint density at radius 1 is 1.06 bits per heavy atom. The Labute approximate surface area is 176 Å². The van der Waals surface area contributed by atoms with Crippen LogP contribution in [0.25, 0.3) is 11.1 Å². The highest BCUT2D eigenvalue weighted by Gasteiger charge is 2.11. The van der Waals surface area contributed by atoms with Gasteiger partial charge in [-0.25, -0.2) is 4.79 Å². The number of hydrogen-bond acceptors (Lipinski definition) is 9. The number of esters is 1. The van der Waals surface area contributed by atoms with E-state index in [9.17, 15) is 9.59 Å². The van der Waals surface area contributed by atoms with Crippen molar-refractivity contribution in [1.29, 1.82) is 0 Å². The van der Waals surface area contributed by atoms with Crippen LogP contribution in [0.1, 0.15) is 18.7 Å². The molecule has 4 rings (SSSR count). The third-order valence-electron chi connectivity index (χ3n) is 4.43. The molecule has 0 bridgehead atoms. The first-order chi connectivity index (χ1) is 15.1. The minimum Gasteiger partial charge on any atom is -0.457 e. The first-order valence-corrected chi connectivity index (χ1v) is 9.65. The molecule has 0 atom stereocenters. The predicted molar refractivity (Wildman–Crippen MR) is 113 cm³/mol. The molecule has 2 heterocycles. The van der Waals surface area contributed by atoms with Gasteiger partial charge in [-0.3, -0.25) is 9.36 Å². The minimum atomic E-state index is -0.450. The molecular weight excluding hydrogens is 400 g/mol. The molecule has 3 N–H and O–H groups in total. The number of rotatable bonds is 8. The van der Waals surface area contributed by atoms with Crippen LogP contribution < -0.4 is 16.8 Å². The van der Waals surface area contributed by atoms with E-state index < -0.39 is 11.7 Å². The number of anilines is 3. The number of oxazole rings is 1. The second-order valence-corrected chi connectivity index (χ2v) is 6.68. The molecule has 0 fully saturated rings. The summed E-state index contributed by atoms with van der Waals surface area (Å²) in [5, 5.41) is 3.02. The summed E-state index contributed by atoms with van der Waals surface area (Å²) >= 11 is 0. The van der Waals surface area contributed by atoms with Gasteiger partial charge in [-0.05, 0) is 30.7 Å². The van der Waals surface area contributed by atoms with Crippen molar-refractivity contribution in [3.05, 3.63) is 71.0 Å². The highest BCUT2D eigenvalue weighted by atomic mass is 16.5. The van der Waals surface area contributed by atoms with E-state index >= 15 is 0 Å². The number of aromatic nitrogens is 4. The van der Waals surface area contributed by atoms with Crippen molar-refractivity contribution in [2.24, 2.45) is 0 Å². The third kappa shape index (κ3) is 5.04. The normalized spacial score (nSPS) is 10.8. The second-order valence-electron chi connectivity index (χ2n) is 6.68. The summed E-state index contributed by atoms with van der Waals surface area (Å²) in [6, 6.07) is 16.5. The fourth-order valence-corrected chi connectivity index (χ4v) is 3.03. The van der Waals surface area contributed by atoms with Gasteiger partial charge in [0.15, 0.2) is 18.0 Å². The number of nitrogen functional groups attached to an aromatic ring is 1. The maximum atomic E-state index is 12.1. The van der Waals surface area contributed by atoms with Crippen LogP contribution in [-0.4, -0.2) is 25.5 Å². The van der Waals surface area contributed by atoms with Crippen molar-refractivity contribution in [2.45, 2.75) is 26.0 Å². The molecule has 10 heteroatoms. The van der Waals surface area contributed by atoms with Gasteiger partial charge in [-0.2, -0.15) is 15.0 Å². The first kappa shape index (κ1) is 20.1. The van der Waals surface area contributed by atoms with E-state index in [0.29, 0.717) is 24.1 Å². The van der Waals surface area contributed by atoms with Gasteiger partial charge in [0.05, 0.1) is 5.52 Å². The third-order valence-corrected chi connectivity index (χ3v) is 4.43. The van der Waals surface area contributed by atoms with Crippen LogP contribution in [0, 0.1) is 0 Å². The van der Waals surface area contributed by atoms with E-state index in [4.69, 9.17) is 14.9 Å². The molecule has 10 nitrogen and oxygen atoms in total. The van der Waals surface area contributed by atoms with E-state index in [-0.39, 0.29) is 30.7 Å². The van der Waals surface area contributed by atoms with E-state index in [1.165, 1.54) is 4.57 Å². The van der Waals surface area contributed by atoms with Crippen molar-refractivity contribution < 1.29 is 13.9 Å². The van der Waals surface area contributed by atoms with Crippen LogP contribution in [0.3, 0.4) is 0 Å². The molecule has 0 radical (unpaired) electrons. The molecule has 2 aromatic carbocycles. The Morgan fingerprint density at radius 2 is 1.84 bits per heavy atom. The molecular formula is C21H20N6O4. The lowest BCUT2D eigenvalue weighted by Gasteiger charge is -2.08. The second kappa shape index (κ2) is 9.08. The van der Waals surface area contributed by atoms with Gasteiger partial charge in [0, 0.05) is 18.7 Å². The molecule has 0 amide bonds. The number of nitrogens with two attached hydrogens (primary N) is 1. The van der Waals surface area contributed by atoms with Crippen molar-refractivity contribution >= 4 is 34.7 Å². The topological polar surface area (TPSA) is 138 Å².